The van der Waals surface area contributed by atoms with Gasteiger partial charge in [0.2, 0.25) is 6.71 Å². The number of hydrogen-bond donors (Lipinski definition) is 0. The molecule has 2 fully saturated rings. The molecule has 31 heavy (non-hydrogen) atoms. The topological polar surface area (TPSA) is 0 Å². The summed E-state index contributed by atoms with van der Waals surface area (Å²) in [6.45, 7) is 15.5. The third-order valence-corrected chi connectivity index (χ3v) is 10.7. The fourth-order valence-electron chi connectivity index (χ4n) is 8.26. The summed E-state index contributed by atoms with van der Waals surface area (Å²) in [6, 6.07) is 16.1. The number of fused-ring (bicyclic) bond motifs is 3. The van der Waals surface area contributed by atoms with Gasteiger partial charge < -0.3 is 0 Å². The first-order valence-electron chi connectivity index (χ1n) is 12.6. The summed E-state index contributed by atoms with van der Waals surface area (Å²) in [5.74, 6) is 4.52. The highest BCUT2D eigenvalue weighted by molar-refractivity contribution is 6.87. The zero-order valence-corrected chi connectivity index (χ0v) is 20.2. The molecule has 0 amide bonds. The second-order valence-corrected chi connectivity index (χ2v) is 12.5. The summed E-state index contributed by atoms with van der Waals surface area (Å²) < 4.78 is 0. The molecule has 6 unspecified atom stereocenters. The van der Waals surface area contributed by atoms with Gasteiger partial charge in [0, 0.05) is 0 Å². The lowest BCUT2D eigenvalue weighted by Gasteiger charge is -2.61. The highest BCUT2D eigenvalue weighted by atomic mass is 14.6. The van der Waals surface area contributed by atoms with E-state index in [0.29, 0.717) is 29.4 Å². The van der Waals surface area contributed by atoms with Crippen molar-refractivity contribution in [1.82, 2.24) is 0 Å². The maximum absolute atomic E-state index is 2.73. The van der Waals surface area contributed by atoms with Crippen LogP contribution in [0.4, 0.5) is 0 Å². The van der Waals surface area contributed by atoms with Gasteiger partial charge in [-0.15, -0.1) is 0 Å². The molecule has 0 heterocycles. The standard InChI is InChI=1S/C30H37B/c1-18-24-14-21(29(24,3)4)16-27(18)31(26-13-9-11-20-10-7-8-12-23(20)26)28-17-22-15-25(19(28)2)30(22,5)6/h7-13,16-19,21-22,24-25H,14-15H2,1-6H3. The number of hydrogen-bond acceptors (Lipinski definition) is 0. The van der Waals surface area contributed by atoms with Crippen molar-refractivity contribution < 1.29 is 0 Å². The lowest BCUT2D eigenvalue weighted by molar-refractivity contribution is -0.0304. The van der Waals surface area contributed by atoms with E-state index >= 15 is 0 Å². The monoisotopic (exact) mass is 408 g/mol. The molecule has 6 atom stereocenters. The molecule has 0 saturated heterocycles. The van der Waals surface area contributed by atoms with E-state index in [0.717, 1.165) is 23.7 Å². The van der Waals surface area contributed by atoms with Crippen LogP contribution in [0.3, 0.4) is 0 Å². The summed E-state index contributed by atoms with van der Waals surface area (Å²) in [4.78, 5) is 0. The fourth-order valence-corrected chi connectivity index (χ4v) is 8.26. The Kier molecular flexibility index (Phi) is 4.11. The second-order valence-electron chi connectivity index (χ2n) is 12.5. The Morgan fingerprint density at radius 2 is 1.23 bits per heavy atom. The summed E-state index contributed by atoms with van der Waals surface area (Å²) in [5.41, 5.74) is 5.96. The van der Waals surface area contributed by atoms with Crippen LogP contribution in [0.25, 0.3) is 10.8 Å². The van der Waals surface area contributed by atoms with Crippen molar-refractivity contribution in [2.75, 3.05) is 0 Å². The molecule has 0 radical (unpaired) electrons. The Hall–Kier alpha value is -1.76. The first kappa shape index (κ1) is 19.9. The van der Waals surface area contributed by atoms with Crippen LogP contribution in [0.1, 0.15) is 54.4 Å². The molecule has 0 spiro atoms. The quantitative estimate of drug-likeness (QED) is 0.475. The van der Waals surface area contributed by atoms with Gasteiger partial charge in [0.25, 0.3) is 0 Å². The summed E-state index contributed by atoms with van der Waals surface area (Å²) in [5, 5.41) is 2.84. The van der Waals surface area contributed by atoms with Crippen molar-refractivity contribution in [3.05, 3.63) is 65.6 Å². The van der Waals surface area contributed by atoms with Crippen LogP contribution >= 0.6 is 0 Å². The Balaban J connectivity index is 1.55. The summed E-state index contributed by atoms with van der Waals surface area (Å²) in [6.07, 6.45) is 8.26. The van der Waals surface area contributed by atoms with Gasteiger partial charge in [0.1, 0.15) is 0 Å². The summed E-state index contributed by atoms with van der Waals surface area (Å²) in [7, 11) is 0. The first-order valence-corrected chi connectivity index (χ1v) is 12.6. The SMILES string of the molecule is CC1C(B(C2=CC3CC(C2C)C3(C)C)c2cccc3ccccc23)=CC2CC1C2(C)C. The second kappa shape index (κ2) is 6.40. The van der Waals surface area contributed by atoms with Crippen molar-refractivity contribution in [3.63, 3.8) is 0 Å². The number of allylic oxidation sites excluding steroid dienone is 4. The van der Waals surface area contributed by atoms with Gasteiger partial charge in [-0.1, -0.05) is 113 Å². The van der Waals surface area contributed by atoms with Crippen molar-refractivity contribution in [1.29, 1.82) is 0 Å². The molecule has 1 heteroatoms. The fraction of sp³-hybridized carbons (Fsp3) is 0.533. The van der Waals surface area contributed by atoms with Crippen LogP contribution in [0.2, 0.25) is 0 Å². The minimum atomic E-state index is 0.457. The van der Waals surface area contributed by atoms with Crippen LogP contribution in [0.5, 0.6) is 0 Å². The predicted octanol–water partition coefficient (Wildman–Crippen LogP) is 7.10. The average molecular weight is 408 g/mol. The largest absolute Gasteiger partial charge is 0.233 e. The molecule has 6 aliphatic rings. The van der Waals surface area contributed by atoms with Crippen molar-refractivity contribution in [3.8, 4) is 0 Å². The molecule has 4 bridgehead atoms. The Labute approximate surface area is 189 Å². The zero-order chi connectivity index (χ0) is 21.7. The van der Waals surface area contributed by atoms with Crippen molar-refractivity contribution in [2.24, 2.45) is 46.3 Å². The lowest BCUT2D eigenvalue weighted by Crippen LogP contribution is -2.57. The molecular formula is C30H37B. The molecule has 8 rings (SSSR count). The van der Waals surface area contributed by atoms with Gasteiger partial charge in [-0.05, 0) is 70.0 Å². The molecule has 2 saturated carbocycles. The van der Waals surface area contributed by atoms with Crippen LogP contribution < -0.4 is 5.46 Å². The molecule has 2 aromatic carbocycles. The van der Waals surface area contributed by atoms with E-state index in [1.807, 2.05) is 0 Å². The Morgan fingerprint density at radius 3 is 1.74 bits per heavy atom. The van der Waals surface area contributed by atoms with Gasteiger partial charge in [0.05, 0.1) is 0 Å². The van der Waals surface area contributed by atoms with E-state index in [4.69, 9.17) is 0 Å². The van der Waals surface area contributed by atoms with E-state index in [-0.39, 0.29) is 0 Å². The number of benzene rings is 2. The Bertz CT molecular complexity index is 1060. The molecule has 0 aliphatic heterocycles. The maximum atomic E-state index is 2.73. The Morgan fingerprint density at radius 1 is 0.710 bits per heavy atom. The van der Waals surface area contributed by atoms with Crippen molar-refractivity contribution in [2.45, 2.75) is 54.4 Å². The van der Waals surface area contributed by atoms with Crippen LogP contribution in [-0.2, 0) is 0 Å². The van der Waals surface area contributed by atoms with E-state index in [2.05, 4.69) is 96.2 Å². The third-order valence-electron chi connectivity index (χ3n) is 10.7. The lowest BCUT2D eigenvalue weighted by atomic mass is 9.25. The van der Waals surface area contributed by atoms with Gasteiger partial charge in [-0.25, -0.2) is 0 Å². The zero-order valence-electron chi connectivity index (χ0n) is 20.2. The average Bonchev–Trinajstić information content (AvgIpc) is 2.75. The highest BCUT2D eigenvalue weighted by Crippen LogP contribution is 2.63. The third kappa shape index (κ3) is 2.56. The van der Waals surface area contributed by atoms with E-state index in [1.165, 1.54) is 23.6 Å². The van der Waals surface area contributed by atoms with E-state index < -0.39 is 0 Å². The molecule has 0 nitrogen and oxygen atoms in total. The molecule has 0 aromatic heterocycles. The highest BCUT2D eigenvalue weighted by Gasteiger charge is 2.57. The normalized spacial score (nSPS) is 36.7. The van der Waals surface area contributed by atoms with Crippen LogP contribution in [0.15, 0.2) is 65.6 Å². The van der Waals surface area contributed by atoms with Crippen LogP contribution in [-0.4, -0.2) is 6.71 Å². The van der Waals surface area contributed by atoms with Gasteiger partial charge >= 0.3 is 0 Å². The van der Waals surface area contributed by atoms with E-state index in [1.54, 1.807) is 16.4 Å². The number of rotatable bonds is 3. The van der Waals surface area contributed by atoms with Gasteiger partial charge in [0.15, 0.2) is 0 Å². The maximum Gasteiger partial charge on any atom is 0.233 e. The summed E-state index contributed by atoms with van der Waals surface area (Å²) >= 11 is 0. The van der Waals surface area contributed by atoms with Crippen molar-refractivity contribution >= 4 is 22.9 Å². The van der Waals surface area contributed by atoms with E-state index in [9.17, 15) is 0 Å². The minimum absolute atomic E-state index is 0.457. The molecular weight excluding hydrogens is 371 g/mol. The minimum Gasteiger partial charge on any atom is -0.0916 e. The molecule has 2 aromatic rings. The smallest absolute Gasteiger partial charge is 0.0916 e. The molecule has 160 valence electrons. The molecule has 0 N–H and O–H groups in total. The first-order chi connectivity index (χ1) is 14.7. The van der Waals surface area contributed by atoms with Crippen LogP contribution in [0, 0.1) is 46.3 Å². The van der Waals surface area contributed by atoms with Gasteiger partial charge in [-0.3, -0.25) is 0 Å². The molecule has 6 aliphatic carbocycles. The predicted molar refractivity (Wildman–Crippen MR) is 135 cm³/mol. The van der Waals surface area contributed by atoms with Gasteiger partial charge in [-0.2, -0.15) is 0 Å².